The van der Waals surface area contributed by atoms with Gasteiger partial charge in [0.2, 0.25) is 0 Å². The summed E-state index contributed by atoms with van der Waals surface area (Å²) in [5.74, 6) is 5.06. The summed E-state index contributed by atoms with van der Waals surface area (Å²) < 4.78 is 13.4. The fraction of sp³-hybridized carbons (Fsp3) is 0.0769. The number of hydrogen-bond donors (Lipinski definition) is 2. The highest BCUT2D eigenvalue weighted by Gasteiger charge is 2.17. The lowest BCUT2D eigenvalue weighted by Crippen LogP contribution is -2.29. The average Bonchev–Trinajstić information content (AvgIpc) is 2.35. The predicted molar refractivity (Wildman–Crippen MR) is 72.0 cm³/mol. The molecular formula is C13H11Cl2FN2. The molecule has 0 heterocycles. The molecule has 0 saturated carbocycles. The van der Waals surface area contributed by atoms with Crippen LogP contribution in [0.4, 0.5) is 4.39 Å². The largest absolute Gasteiger partial charge is 0.271 e. The molecule has 18 heavy (non-hydrogen) atoms. The van der Waals surface area contributed by atoms with Gasteiger partial charge < -0.3 is 0 Å². The van der Waals surface area contributed by atoms with Gasteiger partial charge in [-0.25, -0.2) is 9.82 Å². The summed E-state index contributed by atoms with van der Waals surface area (Å²) >= 11 is 11.9. The number of hydrazine groups is 1. The Bertz CT molecular complexity index is 560. The van der Waals surface area contributed by atoms with Crippen molar-refractivity contribution in [1.82, 2.24) is 5.43 Å². The fourth-order valence-corrected chi connectivity index (χ4v) is 2.23. The van der Waals surface area contributed by atoms with E-state index in [-0.39, 0.29) is 5.02 Å². The van der Waals surface area contributed by atoms with Crippen molar-refractivity contribution >= 4 is 23.2 Å². The molecule has 0 aliphatic carbocycles. The van der Waals surface area contributed by atoms with Crippen LogP contribution in [-0.4, -0.2) is 0 Å². The quantitative estimate of drug-likeness (QED) is 0.666. The summed E-state index contributed by atoms with van der Waals surface area (Å²) in [4.78, 5) is 0. The van der Waals surface area contributed by atoms with Gasteiger partial charge in [0.15, 0.2) is 0 Å². The highest BCUT2D eigenvalue weighted by molar-refractivity contribution is 6.31. The van der Waals surface area contributed by atoms with Gasteiger partial charge in [-0.15, -0.1) is 0 Å². The second kappa shape index (κ2) is 5.67. The monoisotopic (exact) mass is 284 g/mol. The summed E-state index contributed by atoms with van der Waals surface area (Å²) in [6.07, 6.45) is 0. The standard InChI is InChI=1S/C13H11Cl2FN2/c14-9-4-1-3-8(7-9)13(18-17)10-5-2-6-11(16)12(10)15/h1-7,13,18H,17H2. The first-order chi connectivity index (χ1) is 8.63. The summed E-state index contributed by atoms with van der Waals surface area (Å²) in [7, 11) is 0. The van der Waals surface area contributed by atoms with Gasteiger partial charge in [-0.2, -0.15) is 0 Å². The zero-order valence-corrected chi connectivity index (χ0v) is 10.8. The Hall–Kier alpha value is -1.13. The number of halogens is 3. The molecule has 0 bridgehead atoms. The zero-order chi connectivity index (χ0) is 13.1. The van der Waals surface area contributed by atoms with Crippen LogP contribution in [0.2, 0.25) is 10.0 Å². The van der Waals surface area contributed by atoms with Crippen molar-refractivity contribution in [3.05, 3.63) is 69.5 Å². The van der Waals surface area contributed by atoms with Crippen molar-refractivity contribution in [2.45, 2.75) is 6.04 Å². The second-order valence-corrected chi connectivity index (χ2v) is 4.61. The first-order valence-electron chi connectivity index (χ1n) is 5.29. The van der Waals surface area contributed by atoms with Crippen LogP contribution in [0.5, 0.6) is 0 Å². The van der Waals surface area contributed by atoms with E-state index in [2.05, 4.69) is 5.43 Å². The second-order valence-electron chi connectivity index (χ2n) is 3.80. The normalized spacial score (nSPS) is 12.4. The molecule has 0 saturated heterocycles. The summed E-state index contributed by atoms with van der Waals surface area (Å²) in [6.45, 7) is 0. The highest BCUT2D eigenvalue weighted by atomic mass is 35.5. The molecule has 1 atom stereocenters. The number of benzene rings is 2. The molecule has 0 radical (unpaired) electrons. The molecule has 0 aliphatic rings. The number of hydrogen-bond acceptors (Lipinski definition) is 2. The molecule has 0 aromatic heterocycles. The Kier molecular flexibility index (Phi) is 4.19. The van der Waals surface area contributed by atoms with Crippen molar-refractivity contribution in [2.75, 3.05) is 0 Å². The van der Waals surface area contributed by atoms with Gasteiger partial charge in [0.05, 0.1) is 11.1 Å². The maximum Gasteiger partial charge on any atom is 0.142 e. The van der Waals surface area contributed by atoms with Crippen LogP contribution in [0.1, 0.15) is 17.2 Å². The third-order valence-electron chi connectivity index (χ3n) is 2.64. The average molecular weight is 285 g/mol. The molecule has 2 nitrogen and oxygen atoms in total. The summed E-state index contributed by atoms with van der Waals surface area (Å²) in [5, 5.41) is 0.640. The lowest BCUT2D eigenvalue weighted by molar-refractivity contribution is 0.606. The third-order valence-corrected chi connectivity index (χ3v) is 3.27. The molecule has 94 valence electrons. The van der Waals surface area contributed by atoms with Crippen LogP contribution in [0.25, 0.3) is 0 Å². The molecule has 0 fully saturated rings. The minimum absolute atomic E-state index is 0.0559. The van der Waals surface area contributed by atoms with Crippen molar-refractivity contribution in [2.24, 2.45) is 5.84 Å². The maximum absolute atomic E-state index is 13.4. The van der Waals surface area contributed by atoms with E-state index in [4.69, 9.17) is 29.0 Å². The molecule has 3 N–H and O–H groups in total. The lowest BCUT2D eigenvalue weighted by Gasteiger charge is -2.18. The smallest absolute Gasteiger partial charge is 0.142 e. The van der Waals surface area contributed by atoms with Gasteiger partial charge >= 0.3 is 0 Å². The highest BCUT2D eigenvalue weighted by Crippen LogP contribution is 2.30. The SMILES string of the molecule is NNC(c1cccc(Cl)c1)c1cccc(F)c1Cl. The van der Waals surface area contributed by atoms with E-state index in [1.807, 2.05) is 6.07 Å². The van der Waals surface area contributed by atoms with Crippen LogP contribution < -0.4 is 11.3 Å². The van der Waals surface area contributed by atoms with Crippen molar-refractivity contribution < 1.29 is 4.39 Å². The van der Waals surface area contributed by atoms with Crippen molar-refractivity contribution in [3.63, 3.8) is 0 Å². The minimum atomic E-state index is -0.476. The number of rotatable bonds is 3. The topological polar surface area (TPSA) is 38.0 Å². The fourth-order valence-electron chi connectivity index (χ4n) is 1.80. The summed E-state index contributed by atoms with van der Waals surface area (Å²) in [5.41, 5.74) is 4.01. The third kappa shape index (κ3) is 2.65. The Labute approximate surface area is 114 Å². The zero-order valence-electron chi connectivity index (χ0n) is 9.33. The maximum atomic E-state index is 13.4. The first-order valence-corrected chi connectivity index (χ1v) is 6.04. The Morgan fingerprint density at radius 1 is 1.11 bits per heavy atom. The Morgan fingerprint density at radius 3 is 2.50 bits per heavy atom. The van der Waals surface area contributed by atoms with Crippen LogP contribution in [0, 0.1) is 5.82 Å². The van der Waals surface area contributed by atoms with E-state index in [9.17, 15) is 4.39 Å². The van der Waals surface area contributed by atoms with Gasteiger partial charge in [0.1, 0.15) is 5.82 Å². The van der Waals surface area contributed by atoms with Gasteiger partial charge in [-0.05, 0) is 29.3 Å². The Morgan fingerprint density at radius 2 is 1.83 bits per heavy atom. The molecule has 2 aromatic carbocycles. The van der Waals surface area contributed by atoms with Crippen LogP contribution in [0.3, 0.4) is 0 Å². The molecule has 0 spiro atoms. The minimum Gasteiger partial charge on any atom is -0.271 e. The molecule has 2 rings (SSSR count). The molecule has 0 aliphatic heterocycles. The van der Waals surface area contributed by atoms with E-state index >= 15 is 0 Å². The van der Waals surface area contributed by atoms with E-state index in [0.717, 1.165) is 5.56 Å². The van der Waals surface area contributed by atoms with Crippen molar-refractivity contribution in [1.29, 1.82) is 0 Å². The van der Waals surface area contributed by atoms with Crippen LogP contribution in [0.15, 0.2) is 42.5 Å². The predicted octanol–water partition coefficient (Wildman–Crippen LogP) is 3.69. The molecule has 2 aromatic rings. The van der Waals surface area contributed by atoms with Crippen molar-refractivity contribution in [3.8, 4) is 0 Å². The van der Waals surface area contributed by atoms with E-state index in [1.165, 1.54) is 6.07 Å². The van der Waals surface area contributed by atoms with E-state index in [0.29, 0.717) is 10.6 Å². The van der Waals surface area contributed by atoms with Gasteiger partial charge in [-0.3, -0.25) is 5.84 Å². The van der Waals surface area contributed by atoms with Gasteiger partial charge in [0, 0.05) is 5.02 Å². The van der Waals surface area contributed by atoms with Gasteiger partial charge in [-0.1, -0.05) is 47.5 Å². The molecule has 1 unspecified atom stereocenters. The van der Waals surface area contributed by atoms with Crippen LogP contribution in [-0.2, 0) is 0 Å². The number of nitrogens with two attached hydrogens (primary N) is 1. The summed E-state index contributed by atoms with van der Waals surface area (Å²) in [6, 6.07) is 11.4. The molecular weight excluding hydrogens is 274 g/mol. The first kappa shape index (κ1) is 13.3. The van der Waals surface area contributed by atoms with Crippen LogP contribution >= 0.6 is 23.2 Å². The lowest BCUT2D eigenvalue weighted by atomic mass is 9.99. The number of nitrogens with one attached hydrogen (secondary N) is 1. The Balaban J connectivity index is 2.49. The molecule has 0 amide bonds. The molecule has 5 heteroatoms. The van der Waals surface area contributed by atoms with E-state index < -0.39 is 11.9 Å². The van der Waals surface area contributed by atoms with E-state index in [1.54, 1.807) is 30.3 Å². The van der Waals surface area contributed by atoms with Gasteiger partial charge in [0.25, 0.3) is 0 Å².